The van der Waals surface area contributed by atoms with Crippen LogP contribution in [0.4, 0.5) is 5.69 Å². The summed E-state index contributed by atoms with van der Waals surface area (Å²) in [6.07, 6.45) is 2.60. The number of nitrogens with one attached hydrogen (secondary N) is 1. The second-order valence-corrected chi connectivity index (χ2v) is 9.21. The molecule has 35 heavy (non-hydrogen) atoms. The van der Waals surface area contributed by atoms with Crippen LogP contribution < -0.4 is 15.8 Å². The van der Waals surface area contributed by atoms with Gasteiger partial charge < -0.3 is 14.8 Å². The third kappa shape index (κ3) is 4.53. The molecule has 1 atom stereocenters. The van der Waals surface area contributed by atoms with Crippen molar-refractivity contribution in [3.05, 3.63) is 71.1 Å². The maximum atomic E-state index is 13.1. The Morgan fingerprint density at radius 1 is 1.00 bits per heavy atom. The van der Waals surface area contributed by atoms with E-state index in [-0.39, 0.29) is 11.5 Å². The lowest BCUT2D eigenvalue weighted by Gasteiger charge is -2.36. The van der Waals surface area contributed by atoms with Crippen LogP contribution in [0.2, 0.25) is 0 Å². The van der Waals surface area contributed by atoms with Gasteiger partial charge in [-0.3, -0.25) is 14.5 Å². The first-order valence-corrected chi connectivity index (χ1v) is 12.3. The first-order chi connectivity index (χ1) is 17.0. The maximum Gasteiger partial charge on any atom is 0.291 e. The minimum atomic E-state index is -0.512. The molecule has 0 saturated carbocycles. The summed E-state index contributed by atoms with van der Waals surface area (Å²) in [4.78, 5) is 30.9. The Morgan fingerprint density at radius 3 is 2.49 bits per heavy atom. The van der Waals surface area contributed by atoms with E-state index >= 15 is 0 Å². The second kappa shape index (κ2) is 9.92. The fourth-order valence-electron chi connectivity index (χ4n) is 5.04. The van der Waals surface area contributed by atoms with Crippen LogP contribution in [0.5, 0.6) is 0 Å². The SMILES string of the molecule is CC(C(=O)NCCCN1CCN(c2ccccc2)CC1)n1c2ccccc2c2cnn(C)c(=O)c21. The monoisotopic (exact) mass is 472 g/mol. The largest absolute Gasteiger partial charge is 0.369 e. The van der Waals surface area contributed by atoms with Gasteiger partial charge in [-0.25, -0.2) is 4.68 Å². The number of carbonyl (C=O) groups excluding carboxylic acids is 1. The highest BCUT2D eigenvalue weighted by Crippen LogP contribution is 2.29. The quantitative estimate of drug-likeness (QED) is 0.419. The molecule has 5 rings (SSSR count). The first kappa shape index (κ1) is 23.1. The zero-order valence-electron chi connectivity index (χ0n) is 20.4. The summed E-state index contributed by atoms with van der Waals surface area (Å²) >= 11 is 0. The zero-order valence-corrected chi connectivity index (χ0v) is 20.4. The molecule has 8 nitrogen and oxygen atoms in total. The number of piperazine rings is 1. The van der Waals surface area contributed by atoms with Crippen molar-refractivity contribution >= 4 is 33.4 Å². The number of aromatic nitrogens is 3. The van der Waals surface area contributed by atoms with E-state index in [4.69, 9.17) is 0 Å². The van der Waals surface area contributed by atoms with Crippen molar-refractivity contribution in [2.24, 2.45) is 7.05 Å². The van der Waals surface area contributed by atoms with Crippen molar-refractivity contribution in [3.8, 4) is 0 Å². The van der Waals surface area contributed by atoms with E-state index in [1.165, 1.54) is 10.4 Å². The summed E-state index contributed by atoms with van der Waals surface area (Å²) in [6, 6.07) is 17.8. The number of rotatable bonds is 7. The minimum absolute atomic E-state index is 0.0829. The molecule has 1 fully saturated rings. The average Bonchev–Trinajstić information content (AvgIpc) is 3.24. The number of amides is 1. The van der Waals surface area contributed by atoms with Crippen LogP contribution >= 0.6 is 0 Å². The average molecular weight is 473 g/mol. The molecule has 0 aliphatic carbocycles. The van der Waals surface area contributed by atoms with Crippen molar-refractivity contribution in [1.29, 1.82) is 0 Å². The summed E-state index contributed by atoms with van der Waals surface area (Å²) in [7, 11) is 1.63. The van der Waals surface area contributed by atoms with Gasteiger partial charge in [0.15, 0.2) is 0 Å². The highest BCUT2D eigenvalue weighted by molar-refractivity contribution is 6.08. The molecule has 182 valence electrons. The van der Waals surface area contributed by atoms with Crippen LogP contribution in [0, 0.1) is 0 Å². The Morgan fingerprint density at radius 2 is 1.71 bits per heavy atom. The van der Waals surface area contributed by atoms with Crippen molar-refractivity contribution < 1.29 is 4.79 Å². The van der Waals surface area contributed by atoms with Crippen molar-refractivity contribution in [2.75, 3.05) is 44.2 Å². The molecule has 3 heterocycles. The highest BCUT2D eigenvalue weighted by Gasteiger charge is 2.23. The lowest BCUT2D eigenvalue weighted by Crippen LogP contribution is -2.47. The van der Waals surface area contributed by atoms with E-state index in [2.05, 4.69) is 44.5 Å². The molecule has 0 radical (unpaired) electrons. The molecule has 0 spiro atoms. The Kier molecular flexibility index (Phi) is 6.55. The number of aryl methyl sites for hydroxylation is 1. The highest BCUT2D eigenvalue weighted by atomic mass is 16.2. The molecular weight excluding hydrogens is 440 g/mol. The number of para-hydroxylation sites is 2. The van der Waals surface area contributed by atoms with Crippen LogP contribution in [0.1, 0.15) is 19.4 Å². The van der Waals surface area contributed by atoms with Crippen molar-refractivity contribution in [1.82, 2.24) is 24.6 Å². The number of fused-ring (bicyclic) bond motifs is 3. The molecule has 2 aromatic carbocycles. The van der Waals surface area contributed by atoms with E-state index in [1.807, 2.05) is 41.8 Å². The lowest BCUT2D eigenvalue weighted by atomic mass is 10.2. The predicted molar refractivity (Wildman–Crippen MR) is 140 cm³/mol. The van der Waals surface area contributed by atoms with Gasteiger partial charge in [-0.1, -0.05) is 36.4 Å². The third-order valence-electron chi connectivity index (χ3n) is 7.02. The van der Waals surface area contributed by atoms with E-state index in [9.17, 15) is 9.59 Å². The summed E-state index contributed by atoms with van der Waals surface area (Å²) in [5, 5.41) is 8.98. The standard InChI is InChI=1S/C27H32N6O2/c1-20(33-24-12-7-6-11-22(24)23-19-29-30(2)27(35)25(23)33)26(34)28-13-8-14-31-15-17-32(18-16-31)21-9-4-3-5-10-21/h3-7,9-12,19-20H,8,13-18H2,1-2H3,(H,28,34). The van der Waals surface area contributed by atoms with Gasteiger partial charge in [0.05, 0.1) is 11.7 Å². The van der Waals surface area contributed by atoms with Gasteiger partial charge in [0.2, 0.25) is 5.91 Å². The summed E-state index contributed by atoms with van der Waals surface area (Å²) in [5.41, 5.74) is 2.46. The Hall–Kier alpha value is -3.65. The molecule has 2 aromatic heterocycles. The fraction of sp³-hybridized carbons (Fsp3) is 0.370. The number of carbonyl (C=O) groups is 1. The van der Waals surface area contributed by atoms with Gasteiger partial charge in [-0.05, 0) is 38.1 Å². The van der Waals surface area contributed by atoms with E-state index in [1.54, 1.807) is 13.2 Å². The van der Waals surface area contributed by atoms with Crippen LogP contribution in [0.25, 0.3) is 21.8 Å². The lowest BCUT2D eigenvalue weighted by molar-refractivity contribution is -0.123. The predicted octanol–water partition coefficient (Wildman–Crippen LogP) is 2.78. The number of anilines is 1. The molecule has 1 unspecified atom stereocenters. The summed E-state index contributed by atoms with van der Waals surface area (Å²) in [5.74, 6) is -0.0829. The molecule has 4 aromatic rings. The molecule has 1 aliphatic heterocycles. The second-order valence-electron chi connectivity index (χ2n) is 9.21. The topological polar surface area (TPSA) is 75.4 Å². The van der Waals surface area contributed by atoms with Crippen molar-refractivity contribution in [2.45, 2.75) is 19.4 Å². The molecule has 8 heteroatoms. The van der Waals surface area contributed by atoms with Gasteiger partial charge in [0.1, 0.15) is 11.6 Å². The Balaban J connectivity index is 1.19. The zero-order chi connectivity index (χ0) is 24.4. The Bertz CT molecular complexity index is 1390. The molecular formula is C27H32N6O2. The number of nitrogens with zero attached hydrogens (tertiary/aromatic N) is 5. The van der Waals surface area contributed by atoms with E-state index < -0.39 is 6.04 Å². The molecule has 1 amide bonds. The smallest absolute Gasteiger partial charge is 0.291 e. The van der Waals surface area contributed by atoms with Gasteiger partial charge in [-0.15, -0.1) is 0 Å². The van der Waals surface area contributed by atoms with Crippen LogP contribution in [-0.4, -0.2) is 64.4 Å². The van der Waals surface area contributed by atoms with Crippen LogP contribution in [0.15, 0.2) is 65.6 Å². The molecule has 1 N–H and O–H groups in total. The van der Waals surface area contributed by atoms with Gasteiger partial charge >= 0.3 is 0 Å². The van der Waals surface area contributed by atoms with E-state index in [0.717, 1.165) is 55.4 Å². The number of hydrogen-bond donors (Lipinski definition) is 1. The maximum absolute atomic E-state index is 13.1. The molecule has 1 aliphatic rings. The minimum Gasteiger partial charge on any atom is -0.369 e. The summed E-state index contributed by atoms with van der Waals surface area (Å²) < 4.78 is 3.17. The number of hydrogen-bond acceptors (Lipinski definition) is 5. The van der Waals surface area contributed by atoms with Crippen molar-refractivity contribution in [3.63, 3.8) is 0 Å². The Labute approximate surface area is 204 Å². The van der Waals surface area contributed by atoms with Crippen LogP contribution in [-0.2, 0) is 11.8 Å². The normalized spacial score (nSPS) is 15.5. The molecule has 0 bridgehead atoms. The van der Waals surface area contributed by atoms with Gasteiger partial charge in [-0.2, -0.15) is 5.10 Å². The molecule has 1 saturated heterocycles. The van der Waals surface area contributed by atoms with E-state index in [0.29, 0.717) is 12.1 Å². The fourth-order valence-corrected chi connectivity index (χ4v) is 5.04. The van der Waals surface area contributed by atoms with Crippen LogP contribution in [0.3, 0.4) is 0 Å². The number of benzene rings is 2. The first-order valence-electron chi connectivity index (χ1n) is 12.3. The third-order valence-corrected chi connectivity index (χ3v) is 7.02. The summed E-state index contributed by atoms with van der Waals surface area (Å²) in [6.45, 7) is 7.51. The van der Waals surface area contributed by atoms with Gasteiger partial charge in [0.25, 0.3) is 5.56 Å². The van der Waals surface area contributed by atoms with Gasteiger partial charge in [0, 0.05) is 56.2 Å².